The van der Waals surface area contributed by atoms with Gasteiger partial charge in [0.2, 0.25) is 0 Å². The van der Waals surface area contributed by atoms with Crippen LogP contribution in [0, 0.1) is 18.3 Å². The Morgan fingerprint density at radius 1 is 1.56 bits per heavy atom. The highest BCUT2D eigenvalue weighted by Gasteiger charge is 2.11. The summed E-state index contributed by atoms with van der Waals surface area (Å²) in [6.45, 7) is 3.96. The molecule has 0 amide bonds. The van der Waals surface area contributed by atoms with Crippen molar-refractivity contribution in [2.45, 2.75) is 25.2 Å². The van der Waals surface area contributed by atoms with Crippen molar-refractivity contribution in [2.75, 3.05) is 6.61 Å². The van der Waals surface area contributed by atoms with Gasteiger partial charge in [0.25, 0.3) is 0 Å². The van der Waals surface area contributed by atoms with Gasteiger partial charge in [0.15, 0.2) is 0 Å². The van der Waals surface area contributed by atoms with E-state index >= 15 is 0 Å². The van der Waals surface area contributed by atoms with E-state index in [1.807, 2.05) is 13.0 Å². The summed E-state index contributed by atoms with van der Waals surface area (Å²) in [7, 11) is 0. The van der Waals surface area contributed by atoms with Crippen molar-refractivity contribution in [3.63, 3.8) is 0 Å². The van der Waals surface area contributed by atoms with Crippen LogP contribution in [0.4, 0.5) is 0 Å². The summed E-state index contributed by atoms with van der Waals surface area (Å²) in [5, 5.41) is 8.95. The molecule has 0 aliphatic rings. The summed E-state index contributed by atoms with van der Waals surface area (Å²) in [5.74, 6) is -0.300. The zero-order valence-electron chi connectivity index (χ0n) is 9.28. The number of nitriles is 1. The zero-order valence-corrected chi connectivity index (χ0v) is 10.2. The number of benzene rings is 1. The van der Waals surface area contributed by atoms with E-state index in [9.17, 15) is 4.79 Å². The number of ether oxygens (including phenoxy) is 1. The number of carbonyl (C=O) groups excluding carboxylic acids is 1. The first-order valence-electron chi connectivity index (χ1n) is 4.97. The molecule has 0 radical (unpaired) electrons. The molecule has 0 aromatic heterocycles. The Labute approximate surface area is 100 Å². The molecule has 0 spiro atoms. The topological polar surface area (TPSA) is 50.1 Å². The van der Waals surface area contributed by atoms with E-state index in [-0.39, 0.29) is 12.4 Å². The maximum atomic E-state index is 11.3. The van der Waals surface area contributed by atoms with E-state index < -0.39 is 0 Å². The molecule has 1 aromatic carbocycles. The lowest BCUT2D eigenvalue weighted by molar-refractivity contribution is -0.142. The van der Waals surface area contributed by atoms with Crippen molar-refractivity contribution >= 4 is 18.6 Å². The molecule has 1 rings (SSSR count). The second kappa shape index (κ2) is 5.57. The number of carbonyl (C=O) groups is 1. The van der Waals surface area contributed by atoms with Gasteiger partial charge in [-0.2, -0.15) is 5.26 Å². The van der Waals surface area contributed by atoms with E-state index in [0.29, 0.717) is 17.1 Å². The fourth-order valence-electron chi connectivity index (χ4n) is 1.39. The smallest absolute Gasteiger partial charge is 0.310 e. The highest BCUT2D eigenvalue weighted by Crippen LogP contribution is 2.22. The first-order chi connectivity index (χ1) is 7.60. The van der Waals surface area contributed by atoms with E-state index in [1.54, 1.807) is 13.0 Å². The van der Waals surface area contributed by atoms with Crippen LogP contribution in [-0.4, -0.2) is 12.6 Å². The van der Waals surface area contributed by atoms with Crippen LogP contribution in [0.1, 0.15) is 23.6 Å². The van der Waals surface area contributed by atoms with Crippen LogP contribution in [0.2, 0.25) is 0 Å². The quantitative estimate of drug-likeness (QED) is 0.646. The van der Waals surface area contributed by atoms with Gasteiger partial charge in [-0.25, -0.2) is 0 Å². The number of rotatable bonds is 3. The van der Waals surface area contributed by atoms with Crippen molar-refractivity contribution in [1.29, 1.82) is 5.26 Å². The standard InChI is InChI=1S/C12H13NO2S/c1-3-15-11(14)6-9-5-4-8(2)10(7-13)12(9)16/h4-5,16H,3,6H2,1-2H3. The highest BCUT2D eigenvalue weighted by atomic mass is 32.1. The Kier molecular flexibility index (Phi) is 4.39. The molecule has 0 saturated heterocycles. The van der Waals surface area contributed by atoms with Gasteiger partial charge in [-0.3, -0.25) is 4.79 Å². The zero-order chi connectivity index (χ0) is 12.1. The average molecular weight is 235 g/mol. The third kappa shape index (κ3) is 2.77. The monoisotopic (exact) mass is 235 g/mol. The molecule has 0 aliphatic heterocycles. The second-order valence-electron chi connectivity index (χ2n) is 3.36. The molecule has 0 saturated carbocycles. The van der Waals surface area contributed by atoms with Crippen LogP contribution in [0.3, 0.4) is 0 Å². The van der Waals surface area contributed by atoms with Crippen molar-refractivity contribution in [3.05, 3.63) is 28.8 Å². The molecule has 0 aliphatic carbocycles. The van der Waals surface area contributed by atoms with Gasteiger partial charge in [-0.15, -0.1) is 12.6 Å². The van der Waals surface area contributed by atoms with Crippen LogP contribution in [-0.2, 0) is 16.0 Å². The second-order valence-corrected chi connectivity index (χ2v) is 3.81. The normalized spacial score (nSPS) is 9.62. The number of aryl methyl sites for hydroxylation is 1. The Morgan fingerprint density at radius 3 is 2.81 bits per heavy atom. The van der Waals surface area contributed by atoms with E-state index in [4.69, 9.17) is 10.00 Å². The van der Waals surface area contributed by atoms with Gasteiger partial charge >= 0.3 is 5.97 Å². The summed E-state index contributed by atoms with van der Waals surface area (Å²) in [5.41, 5.74) is 2.11. The predicted molar refractivity (Wildman–Crippen MR) is 63.5 cm³/mol. The number of hydrogen-bond acceptors (Lipinski definition) is 4. The lowest BCUT2D eigenvalue weighted by Crippen LogP contribution is -2.08. The molecule has 1 aromatic rings. The minimum Gasteiger partial charge on any atom is -0.466 e. The van der Waals surface area contributed by atoms with Crippen molar-refractivity contribution in [3.8, 4) is 6.07 Å². The number of thiol groups is 1. The summed E-state index contributed by atoms with van der Waals surface area (Å²) >= 11 is 4.27. The van der Waals surface area contributed by atoms with Crippen molar-refractivity contribution in [2.24, 2.45) is 0 Å². The largest absolute Gasteiger partial charge is 0.466 e. The van der Waals surface area contributed by atoms with Crippen LogP contribution in [0.15, 0.2) is 17.0 Å². The number of esters is 1. The number of hydrogen-bond donors (Lipinski definition) is 1. The van der Waals surface area contributed by atoms with Crippen LogP contribution in [0.5, 0.6) is 0 Å². The third-order valence-corrected chi connectivity index (χ3v) is 2.73. The van der Waals surface area contributed by atoms with Crippen LogP contribution < -0.4 is 0 Å². The van der Waals surface area contributed by atoms with Gasteiger partial charge < -0.3 is 4.74 Å². The maximum absolute atomic E-state index is 11.3. The fraction of sp³-hybridized carbons (Fsp3) is 0.333. The molecule has 0 heterocycles. The van der Waals surface area contributed by atoms with E-state index in [2.05, 4.69) is 18.7 Å². The maximum Gasteiger partial charge on any atom is 0.310 e. The first kappa shape index (κ1) is 12.6. The summed E-state index contributed by atoms with van der Waals surface area (Å²) in [6, 6.07) is 5.69. The van der Waals surface area contributed by atoms with Gasteiger partial charge in [0.1, 0.15) is 6.07 Å². The Morgan fingerprint density at radius 2 is 2.25 bits per heavy atom. The molecule has 0 fully saturated rings. The highest BCUT2D eigenvalue weighted by molar-refractivity contribution is 7.80. The van der Waals surface area contributed by atoms with Gasteiger partial charge in [0.05, 0.1) is 18.6 Å². The van der Waals surface area contributed by atoms with E-state index in [0.717, 1.165) is 11.1 Å². The van der Waals surface area contributed by atoms with Crippen molar-refractivity contribution in [1.82, 2.24) is 0 Å². The minimum atomic E-state index is -0.300. The summed E-state index contributed by atoms with van der Waals surface area (Å²) in [6.07, 6.45) is 0.154. The summed E-state index contributed by atoms with van der Waals surface area (Å²) in [4.78, 5) is 11.9. The molecule has 16 heavy (non-hydrogen) atoms. The molecule has 0 bridgehead atoms. The molecular weight excluding hydrogens is 222 g/mol. The average Bonchev–Trinajstić information content (AvgIpc) is 2.23. The van der Waals surface area contributed by atoms with E-state index in [1.165, 1.54) is 0 Å². The third-order valence-electron chi connectivity index (χ3n) is 2.22. The molecule has 0 atom stereocenters. The Bertz CT molecular complexity index is 449. The lowest BCUT2D eigenvalue weighted by atomic mass is 10.0. The first-order valence-corrected chi connectivity index (χ1v) is 5.42. The SMILES string of the molecule is CCOC(=O)Cc1ccc(C)c(C#N)c1S. The Balaban J connectivity index is 2.99. The molecule has 0 unspecified atom stereocenters. The lowest BCUT2D eigenvalue weighted by Gasteiger charge is -2.08. The predicted octanol–water partition coefficient (Wildman–Crippen LogP) is 2.26. The summed E-state index contributed by atoms with van der Waals surface area (Å²) < 4.78 is 4.85. The molecule has 84 valence electrons. The van der Waals surface area contributed by atoms with Crippen molar-refractivity contribution < 1.29 is 9.53 Å². The molecular formula is C12H13NO2S. The van der Waals surface area contributed by atoms with Crippen LogP contribution in [0.25, 0.3) is 0 Å². The fourth-order valence-corrected chi connectivity index (χ4v) is 1.77. The molecule has 0 N–H and O–H groups in total. The van der Waals surface area contributed by atoms with Gasteiger partial charge in [-0.05, 0) is 25.0 Å². The molecule has 3 nitrogen and oxygen atoms in total. The van der Waals surface area contributed by atoms with Crippen LogP contribution >= 0.6 is 12.6 Å². The van der Waals surface area contributed by atoms with Gasteiger partial charge in [-0.1, -0.05) is 12.1 Å². The minimum absolute atomic E-state index is 0.154. The molecule has 4 heteroatoms. The Hall–Kier alpha value is -1.47. The van der Waals surface area contributed by atoms with Gasteiger partial charge in [0, 0.05) is 4.90 Å². The number of nitrogens with zero attached hydrogens (tertiary/aromatic N) is 1.